The summed E-state index contributed by atoms with van der Waals surface area (Å²) in [7, 11) is 2.00. The predicted molar refractivity (Wildman–Crippen MR) is 80.7 cm³/mol. The van der Waals surface area contributed by atoms with Gasteiger partial charge in [0.2, 0.25) is 0 Å². The van der Waals surface area contributed by atoms with Crippen molar-refractivity contribution in [2.45, 2.75) is 13.5 Å². The maximum Gasteiger partial charge on any atom is 0.152 e. The van der Waals surface area contributed by atoms with E-state index >= 15 is 0 Å². The maximum atomic E-state index is 11.1. The highest BCUT2D eigenvalue weighted by Crippen LogP contribution is 2.25. The monoisotopic (exact) mass is 323 g/mol. The molecule has 0 atom stereocenters. The van der Waals surface area contributed by atoms with Crippen LogP contribution < -0.4 is 4.90 Å². The Morgan fingerprint density at radius 2 is 2.17 bits per heavy atom. The summed E-state index contributed by atoms with van der Waals surface area (Å²) in [5, 5.41) is 2.12. The highest BCUT2D eigenvalue weighted by atomic mass is 79.9. The Morgan fingerprint density at radius 1 is 1.39 bits per heavy atom. The summed E-state index contributed by atoms with van der Waals surface area (Å²) in [6.45, 7) is 2.79. The summed E-state index contributed by atoms with van der Waals surface area (Å²) >= 11 is 5.13. The molecule has 0 aliphatic heterocycles. The molecule has 1 heterocycles. The number of nitrogens with zero attached hydrogens (tertiary/aromatic N) is 1. The lowest BCUT2D eigenvalue weighted by molar-refractivity contribution is 0.112. The van der Waals surface area contributed by atoms with E-state index in [1.165, 1.54) is 5.56 Å². The van der Waals surface area contributed by atoms with Gasteiger partial charge in [0.1, 0.15) is 0 Å². The molecule has 1 aromatic carbocycles. The number of halogens is 1. The van der Waals surface area contributed by atoms with E-state index in [9.17, 15) is 4.79 Å². The normalized spacial score (nSPS) is 10.4. The van der Waals surface area contributed by atoms with Gasteiger partial charge in [0, 0.05) is 24.8 Å². The van der Waals surface area contributed by atoms with E-state index in [-0.39, 0.29) is 0 Å². The molecule has 0 fully saturated rings. The second kappa shape index (κ2) is 5.67. The number of carbonyl (C=O) groups is 1. The fourth-order valence-electron chi connectivity index (χ4n) is 1.90. The highest BCUT2D eigenvalue weighted by Gasteiger charge is 2.08. The van der Waals surface area contributed by atoms with Gasteiger partial charge in [-0.1, -0.05) is 11.6 Å². The van der Waals surface area contributed by atoms with Crippen LogP contribution >= 0.6 is 27.3 Å². The minimum Gasteiger partial charge on any atom is -0.370 e. The molecule has 0 unspecified atom stereocenters. The third kappa shape index (κ3) is 3.00. The van der Waals surface area contributed by atoms with Crippen LogP contribution in [0.5, 0.6) is 0 Å². The molecule has 0 spiro atoms. The van der Waals surface area contributed by atoms with Crippen LogP contribution in [0.15, 0.2) is 33.4 Å². The molecule has 0 saturated carbocycles. The first-order valence-corrected chi connectivity index (χ1v) is 7.27. The van der Waals surface area contributed by atoms with Gasteiger partial charge < -0.3 is 4.90 Å². The zero-order valence-corrected chi connectivity index (χ0v) is 12.7. The van der Waals surface area contributed by atoms with Crippen molar-refractivity contribution in [2.24, 2.45) is 0 Å². The van der Waals surface area contributed by atoms with E-state index in [0.29, 0.717) is 0 Å². The Labute approximate surface area is 119 Å². The first kappa shape index (κ1) is 13.3. The summed E-state index contributed by atoms with van der Waals surface area (Å²) in [5.74, 6) is 0. The maximum absolute atomic E-state index is 11.1. The van der Waals surface area contributed by atoms with Crippen molar-refractivity contribution in [1.29, 1.82) is 0 Å². The third-order valence-electron chi connectivity index (χ3n) is 2.76. The van der Waals surface area contributed by atoms with Crippen molar-refractivity contribution in [3.05, 3.63) is 50.1 Å². The Morgan fingerprint density at radius 3 is 2.78 bits per heavy atom. The summed E-state index contributed by atoms with van der Waals surface area (Å²) < 4.78 is 1.13. The second-order valence-electron chi connectivity index (χ2n) is 4.30. The quantitative estimate of drug-likeness (QED) is 0.783. The summed E-state index contributed by atoms with van der Waals surface area (Å²) in [6, 6.07) is 8.06. The van der Waals surface area contributed by atoms with Crippen LogP contribution in [0.4, 0.5) is 5.69 Å². The lowest BCUT2D eigenvalue weighted by atomic mass is 10.1. The topological polar surface area (TPSA) is 20.3 Å². The minimum absolute atomic E-state index is 0.742. The van der Waals surface area contributed by atoms with E-state index in [1.54, 1.807) is 11.3 Å². The van der Waals surface area contributed by atoms with E-state index in [4.69, 9.17) is 0 Å². The van der Waals surface area contributed by atoms with Crippen molar-refractivity contribution in [2.75, 3.05) is 11.9 Å². The third-order valence-corrected chi connectivity index (χ3v) is 4.32. The van der Waals surface area contributed by atoms with Gasteiger partial charge in [-0.05, 0) is 52.0 Å². The fourth-order valence-corrected chi connectivity index (χ4v) is 3.10. The highest BCUT2D eigenvalue weighted by molar-refractivity contribution is 9.11. The number of hydrogen-bond donors (Lipinski definition) is 0. The average molecular weight is 324 g/mol. The van der Waals surface area contributed by atoms with Gasteiger partial charge in [0.05, 0.1) is 3.79 Å². The molecule has 0 saturated heterocycles. The largest absolute Gasteiger partial charge is 0.370 e. The van der Waals surface area contributed by atoms with Crippen LogP contribution in [0.3, 0.4) is 0 Å². The Balaban J connectivity index is 2.23. The number of benzene rings is 1. The summed E-state index contributed by atoms with van der Waals surface area (Å²) in [6.07, 6.45) is 0.919. The van der Waals surface area contributed by atoms with Crippen LogP contribution in [0.25, 0.3) is 0 Å². The lowest BCUT2D eigenvalue weighted by Gasteiger charge is -2.20. The van der Waals surface area contributed by atoms with Gasteiger partial charge in [-0.3, -0.25) is 4.79 Å². The van der Waals surface area contributed by atoms with E-state index in [0.717, 1.165) is 33.4 Å². The fraction of sp³-hybridized carbons (Fsp3) is 0.214. The molecule has 0 N–H and O–H groups in total. The van der Waals surface area contributed by atoms with Gasteiger partial charge in [0.25, 0.3) is 0 Å². The number of aryl methyl sites for hydroxylation is 1. The number of thiophene rings is 1. The van der Waals surface area contributed by atoms with E-state index in [1.807, 2.05) is 32.2 Å². The molecule has 0 amide bonds. The molecule has 0 aliphatic rings. The van der Waals surface area contributed by atoms with Crippen LogP contribution in [-0.2, 0) is 6.54 Å². The molecule has 4 heteroatoms. The zero-order chi connectivity index (χ0) is 13.1. The van der Waals surface area contributed by atoms with Gasteiger partial charge >= 0.3 is 0 Å². The molecular weight excluding hydrogens is 310 g/mol. The first-order chi connectivity index (χ1) is 8.60. The van der Waals surface area contributed by atoms with E-state index in [2.05, 4.69) is 32.3 Å². The number of anilines is 1. The van der Waals surface area contributed by atoms with Gasteiger partial charge in [-0.25, -0.2) is 0 Å². The predicted octanol–water partition coefficient (Wildman–Crippen LogP) is 4.27. The van der Waals surface area contributed by atoms with Crippen molar-refractivity contribution in [3.8, 4) is 0 Å². The molecule has 1 aromatic heterocycles. The van der Waals surface area contributed by atoms with Crippen molar-refractivity contribution in [3.63, 3.8) is 0 Å². The number of rotatable bonds is 4. The smallest absolute Gasteiger partial charge is 0.152 e. The number of carbonyl (C=O) groups excluding carboxylic acids is 1. The lowest BCUT2D eigenvalue weighted by Crippen LogP contribution is -2.17. The molecule has 0 bridgehead atoms. The minimum atomic E-state index is 0.742. The summed E-state index contributed by atoms with van der Waals surface area (Å²) in [5.41, 5.74) is 4.06. The Hall–Kier alpha value is -1.13. The number of aldehydes is 1. The molecule has 0 radical (unpaired) electrons. The standard InChI is InChI=1S/C14H14BrNOS/c1-10-3-4-13(12(5-10)8-17)16(2)7-11-6-14(15)18-9-11/h3-6,8-9H,7H2,1-2H3. The molecule has 2 rings (SSSR count). The molecular formula is C14H14BrNOS. The SMILES string of the molecule is Cc1ccc(N(C)Cc2csc(Br)c2)c(C=O)c1. The van der Waals surface area contributed by atoms with Gasteiger partial charge in [-0.2, -0.15) is 0 Å². The van der Waals surface area contributed by atoms with Crippen molar-refractivity contribution < 1.29 is 4.79 Å². The van der Waals surface area contributed by atoms with Crippen LogP contribution in [0.1, 0.15) is 21.5 Å². The zero-order valence-electron chi connectivity index (χ0n) is 10.3. The first-order valence-electron chi connectivity index (χ1n) is 5.60. The average Bonchev–Trinajstić information content (AvgIpc) is 2.74. The second-order valence-corrected chi connectivity index (χ2v) is 6.59. The van der Waals surface area contributed by atoms with E-state index < -0.39 is 0 Å². The molecule has 0 aliphatic carbocycles. The molecule has 94 valence electrons. The summed E-state index contributed by atoms with van der Waals surface area (Å²) in [4.78, 5) is 13.2. The molecule has 2 aromatic rings. The Kier molecular flexibility index (Phi) is 4.19. The van der Waals surface area contributed by atoms with Crippen molar-refractivity contribution in [1.82, 2.24) is 0 Å². The molecule has 2 nitrogen and oxygen atoms in total. The number of hydrogen-bond acceptors (Lipinski definition) is 3. The van der Waals surface area contributed by atoms with Crippen LogP contribution in [-0.4, -0.2) is 13.3 Å². The van der Waals surface area contributed by atoms with Gasteiger partial charge in [0.15, 0.2) is 6.29 Å². The molecule has 18 heavy (non-hydrogen) atoms. The van der Waals surface area contributed by atoms with Crippen LogP contribution in [0, 0.1) is 6.92 Å². The van der Waals surface area contributed by atoms with Gasteiger partial charge in [-0.15, -0.1) is 11.3 Å². The van der Waals surface area contributed by atoms with Crippen LogP contribution in [0.2, 0.25) is 0 Å². The Bertz CT molecular complexity index is 565. The van der Waals surface area contributed by atoms with Crippen molar-refractivity contribution >= 4 is 39.2 Å².